The number of carbonyl (C=O) groups is 1. The van der Waals surface area contributed by atoms with Crippen molar-refractivity contribution in [2.24, 2.45) is 0 Å². The fraction of sp³-hybridized carbons (Fsp3) is 0.235. The molecule has 0 bridgehead atoms. The lowest BCUT2D eigenvalue weighted by atomic mass is 10.1. The van der Waals surface area contributed by atoms with Crippen LogP contribution in [0.2, 0.25) is 0 Å². The summed E-state index contributed by atoms with van der Waals surface area (Å²) in [5.74, 6) is 0.111. The van der Waals surface area contributed by atoms with E-state index in [2.05, 4.69) is 17.1 Å². The summed E-state index contributed by atoms with van der Waals surface area (Å²) in [5.41, 5.74) is 2.77. The normalized spacial score (nSPS) is 12.5. The maximum Gasteiger partial charge on any atom is 0.196 e. The van der Waals surface area contributed by atoms with E-state index >= 15 is 0 Å². The van der Waals surface area contributed by atoms with Crippen molar-refractivity contribution in [1.82, 2.24) is 14.6 Å². The zero-order chi connectivity index (χ0) is 15.5. The molecule has 2 aromatic heterocycles. The third-order valence-electron chi connectivity index (χ3n) is 3.58. The number of benzene rings is 1. The van der Waals surface area contributed by atoms with E-state index in [1.807, 2.05) is 60.0 Å². The van der Waals surface area contributed by atoms with Crippen molar-refractivity contribution in [3.05, 3.63) is 59.8 Å². The number of aromatic nitrogens is 3. The lowest BCUT2D eigenvalue weighted by molar-refractivity contribution is 0.0994. The first kappa shape index (κ1) is 14.8. The number of hydrogen-bond donors (Lipinski definition) is 0. The van der Waals surface area contributed by atoms with E-state index in [9.17, 15) is 4.79 Å². The van der Waals surface area contributed by atoms with Gasteiger partial charge in [0.2, 0.25) is 0 Å². The van der Waals surface area contributed by atoms with Crippen LogP contribution in [0.4, 0.5) is 0 Å². The summed E-state index contributed by atoms with van der Waals surface area (Å²) in [5, 5.41) is 8.80. The first-order valence-corrected chi connectivity index (χ1v) is 8.16. The quantitative estimate of drug-likeness (QED) is 0.533. The van der Waals surface area contributed by atoms with Crippen molar-refractivity contribution in [2.45, 2.75) is 30.7 Å². The number of Topliss-reactive ketones (excluding diaryl/α,β-unsaturated/α-hetero) is 1. The largest absolute Gasteiger partial charge is 0.293 e. The van der Waals surface area contributed by atoms with Crippen LogP contribution in [0.3, 0.4) is 0 Å². The van der Waals surface area contributed by atoms with Crippen molar-refractivity contribution < 1.29 is 4.79 Å². The molecule has 5 heteroatoms. The second-order valence-electron chi connectivity index (χ2n) is 5.09. The average molecular weight is 311 g/mol. The Morgan fingerprint density at radius 3 is 2.68 bits per heavy atom. The van der Waals surface area contributed by atoms with Crippen molar-refractivity contribution in [1.29, 1.82) is 0 Å². The van der Waals surface area contributed by atoms with Gasteiger partial charge >= 0.3 is 0 Å². The molecular weight excluding hydrogens is 294 g/mol. The predicted octanol–water partition coefficient (Wildman–Crippen LogP) is 3.66. The molecule has 0 N–H and O–H groups in total. The van der Waals surface area contributed by atoms with Crippen molar-refractivity contribution in [3.8, 4) is 0 Å². The molecule has 0 aliphatic rings. The van der Waals surface area contributed by atoms with E-state index in [0.717, 1.165) is 22.8 Å². The molecule has 0 spiro atoms. The Labute approximate surface area is 133 Å². The van der Waals surface area contributed by atoms with Crippen LogP contribution in [0.5, 0.6) is 0 Å². The van der Waals surface area contributed by atoms with Gasteiger partial charge in [-0.3, -0.25) is 9.20 Å². The van der Waals surface area contributed by atoms with Gasteiger partial charge in [0, 0.05) is 11.8 Å². The molecule has 3 aromatic rings. The Morgan fingerprint density at radius 2 is 1.95 bits per heavy atom. The summed E-state index contributed by atoms with van der Waals surface area (Å²) in [6, 6.07) is 13.6. The van der Waals surface area contributed by atoms with Crippen LogP contribution in [-0.4, -0.2) is 25.6 Å². The molecule has 2 heterocycles. The molecule has 1 aromatic carbocycles. The van der Waals surface area contributed by atoms with E-state index in [-0.39, 0.29) is 11.0 Å². The molecule has 4 nitrogen and oxygen atoms in total. The van der Waals surface area contributed by atoms with Gasteiger partial charge in [0.05, 0.1) is 5.25 Å². The van der Waals surface area contributed by atoms with E-state index in [1.165, 1.54) is 17.3 Å². The molecule has 0 unspecified atom stereocenters. The lowest BCUT2D eigenvalue weighted by Crippen LogP contribution is -2.14. The Balaban J connectivity index is 1.78. The maximum atomic E-state index is 12.5. The van der Waals surface area contributed by atoms with Gasteiger partial charge in [0.25, 0.3) is 0 Å². The van der Waals surface area contributed by atoms with Crippen LogP contribution in [0, 0.1) is 0 Å². The van der Waals surface area contributed by atoms with Crippen LogP contribution in [0.25, 0.3) is 5.65 Å². The maximum absolute atomic E-state index is 12.5. The van der Waals surface area contributed by atoms with Crippen LogP contribution >= 0.6 is 11.8 Å². The van der Waals surface area contributed by atoms with E-state index < -0.39 is 0 Å². The summed E-state index contributed by atoms with van der Waals surface area (Å²) >= 11 is 1.43. The van der Waals surface area contributed by atoms with Crippen LogP contribution in [-0.2, 0) is 6.42 Å². The molecule has 1 atom stereocenters. The number of fused-ring (bicyclic) bond motifs is 1. The molecule has 0 amide bonds. The van der Waals surface area contributed by atoms with Gasteiger partial charge in [-0.05, 0) is 31.0 Å². The zero-order valence-electron chi connectivity index (χ0n) is 12.6. The number of thioether (sulfide) groups is 1. The molecule has 0 fully saturated rings. The van der Waals surface area contributed by atoms with Gasteiger partial charge in [-0.15, -0.1) is 10.2 Å². The standard InChI is InChI=1S/C17H17N3OS/c1-3-13-7-9-14(10-8-13)16(21)12(2)22-17-19-18-15-6-4-5-11-20(15)17/h4-12H,3H2,1-2H3/t12-/m0/s1. The molecule has 22 heavy (non-hydrogen) atoms. The Hall–Kier alpha value is -2.14. The van der Waals surface area contributed by atoms with Gasteiger partial charge in [0.15, 0.2) is 16.6 Å². The molecule has 3 rings (SSSR count). The number of hydrogen-bond acceptors (Lipinski definition) is 4. The second kappa shape index (κ2) is 6.32. The molecule has 0 radical (unpaired) electrons. The van der Waals surface area contributed by atoms with Crippen LogP contribution < -0.4 is 0 Å². The van der Waals surface area contributed by atoms with E-state index in [4.69, 9.17) is 0 Å². The van der Waals surface area contributed by atoms with Gasteiger partial charge in [-0.25, -0.2) is 0 Å². The number of pyridine rings is 1. The summed E-state index contributed by atoms with van der Waals surface area (Å²) in [6.45, 7) is 4.01. The third kappa shape index (κ3) is 2.90. The minimum atomic E-state index is -0.208. The van der Waals surface area contributed by atoms with Crippen LogP contribution in [0.1, 0.15) is 29.8 Å². The van der Waals surface area contributed by atoms with Gasteiger partial charge in [-0.2, -0.15) is 0 Å². The van der Waals surface area contributed by atoms with Gasteiger partial charge < -0.3 is 0 Å². The lowest BCUT2D eigenvalue weighted by Gasteiger charge is -2.09. The summed E-state index contributed by atoms with van der Waals surface area (Å²) in [4.78, 5) is 12.5. The zero-order valence-corrected chi connectivity index (χ0v) is 13.4. The Kier molecular flexibility index (Phi) is 4.24. The number of ketones is 1. The summed E-state index contributed by atoms with van der Waals surface area (Å²) < 4.78 is 1.90. The van der Waals surface area contributed by atoms with Gasteiger partial charge in [0.1, 0.15) is 0 Å². The minimum Gasteiger partial charge on any atom is -0.293 e. The SMILES string of the molecule is CCc1ccc(C(=O)[C@H](C)Sc2nnc3ccccn23)cc1. The van der Waals surface area contributed by atoms with Crippen molar-refractivity contribution in [3.63, 3.8) is 0 Å². The molecule has 112 valence electrons. The summed E-state index contributed by atoms with van der Waals surface area (Å²) in [6.07, 6.45) is 2.88. The second-order valence-corrected chi connectivity index (χ2v) is 6.39. The predicted molar refractivity (Wildman–Crippen MR) is 88.5 cm³/mol. The smallest absolute Gasteiger partial charge is 0.196 e. The highest BCUT2D eigenvalue weighted by Gasteiger charge is 2.19. The molecule has 0 saturated carbocycles. The third-order valence-corrected chi connectivity index (χ3v) is 4.64. The molecule has 0 aliphatic carbocycles. The fourth-order valence-corrected chi connectivity index (χ4v) is 3.17. The Morgan fingerprint density at radius 1 is 1.18 bits per heavy atom. The number of carbonyl (C=O) groups excluding carboxylic acids is 1. The highest BCUT2D eigenvalue weighted by Crippen LogP contribution is 2.24. The molecule has 0 aliphatic heterocycles. The van der Waals surface area contributed by atoms with Crippen molar-refractivity contribution >= 4 is 23.2 Å². The highest BCUT2D eigenvalue weighted by atomic mass is 32.2. The van der Waals surface area contributed by atoms with Gasteiger partial charge in [-0.1, -0.05) is 49.0 Å². The van der Waals surface area contributed by atoms with Crippen LogP contribution in [0.15, 0.2) is 53.8 Å². The summed E-state index contributed by atoms with van der Waals surface area (Å²) in [7, 11) is 0. The van der Waals surface area contributed by atoms with E-state index in [0.29, 0.717) is 0 Å². The topological polar surface area (TPSA) is 47.3 Å². The first-order chi connectivity index (χ1) is 10.7. The first-order valence-electron chi connectivity index (χ1n) is 7.28. The monoisotopic (exact) mass is 311 g/mol. The number of aryl methyl sites for hydroxylation is 1. The Bertz CT molecular complexity index is 795. The fourth-order valence-electron chi connectivity index (χ4n) is 2.25. The van der Waals surface area contributed by atoms with E-state index in [1.54, 1.807) is 0 Å². The number of rotatable bonds is 5. The minimum absolute atomic E-state index is 0.111. The number of nitrogens with zero attached hydrogens (tertiary/aromatic N) is 3. The molecular formula is C17H17N3OS. The van der Waals surface area contributed by atoms with Crippen molar-refractivity contribution in [2.75, 3.05) is 0 Å². The molecule has 0 saturated heterocycles. The highest BCUT2D eigenvalue weighted by molar-refractivity contribution is 8.00. The average Bonchev–Trinajstić information content (AvgIpc) is 2.97.